The summed E-state index contributed by atoms with van der Waals surface area (Å²) in [5.41, 5.74) is 0.773. The van der Waals surface area contributed by atoms with E-state index in [9.17, 15) is 4.79 Å². The van der Waals surface area contributed by atoms with Crippen LogP contribution in [-0.2, 0) is 0 Å². The van der Waals surface area contributed by atoms with Gasteiger partial charge < -0.3 is 4.90 Å². The molecule has 0 aliphatic carbocycles. The van der Waals surface area contributed by atoms with Crippen LogP contribution in [0.25, 0.3) is 0 Å². The highest BCUT2D eigenvalue weighted by molar-refractivity contribution is 8.67. The van der Waals surface area contributed by atoms with Crippen LogP contribution < -0.4 is 0 Å². The zero-order chi connectivity index (χ0) is 11.4. The summed E-state index contributed by atoms with van der Waals surface area (Å²) in [6.07, 6.45) is 0. The van der Waals surface area contributed by atoms with E-state index in [-0.39, 0.29) is 5.91 Å². The summed E-state index contributed by atoms with van der Waals surface area (Å²) in [6, 6.07) is 9.44. The lowest BCUT2D eigenvalue weighted by atomic mass is 10.2. The minimum absolute atomic E-state index is 0.129. The summed E-state index contributed by atoms with van der Waals surface area (Å²) in [5.74, 6) is 0.129. The smallest absolute Gasteiger partial charge is 0.253 e. The van der Waals surface area contributed by atoms with E-state index in [0.29, 0.717) is 0 Å². The van der Waals surface area contributed by atoms with Gasteiger partial charge in [0.15, 0.2) is 0 Å². The molecule has 1 aromatic rings. The highest BCUT2D eigenvalue weighted by Crippen LogP contribution is 2.17. The molecule has 16 heavy (non-hydrogen) atoms. The van der Waals surface area contributed by atoms with Crippen LogP contribution in [0.4, 0.5) is 0 Å². The summed E-state index contributed by atoms with van der Waals surface area (Å²) in [5, 5.41) is 0. The Morgan fingerprint density at radius 2 is 1.75 bits per heavy atom. The van der Waals surface area contributed by atoms with Crippen LogP contribution in [0, 0.1) is 0 Å². The standard InChI is InChI=1S/C11H14N2OS2/c14-11(10-4-2-1-3-5-10)12-6-8-13(16-15)9-7-12/h1-5,15H,6-9H2. The van der Waals surface area contributed by atoms with Gasteiger partial charge in [-0.25, -0.2) is 4.31 Å². The van der Waals surface area contributed by atoms with Gasteiger partial charge in [0.2, 0.25) is 0 Å². The molecule has 1 heterocycles. The summed E-state index contributed by atoms with van der Waals surface area (Å²) < 4.78 is 2.15. The van der Waals surface area contributed by atoms with E-state index in [1.54, 1.807) is 0 Å². The summed E-state index contributed by atoms with van der Waals surface area (Å²) >= 11 is 4.15. The number of carbonyl (C=O) groups excluding carboxylic acids is 1. The van der Waals surface area contributed by atoms with Gasteiger partial charge in [0, 0.05) is 31.7 Å². The molecule has 5 heteroatoms. The number of nitrogens with zero attached hydrogens (tertiary/aromatic N) is 2. The SMILES string of the molecule is O=C(c1ccccc1)N1CCN(SS)CC1. The topological polar surface area (TPSA) is 23.6 Å². The number of benzene rings is 1. The molecule has 1 fully saturated rings. The third kappa shape index (κ3) is 2.72. The first kappa shape index (κ1) is 11.8. The molecule has 1 aliphatic heterocycles. The quantitative estimate of drug-likeness (QED) is 0.496. The molecule has 2 rings (SSSR count). The maximum Gasteiger partial charge on any atom is 0.253 e. The van der Waals surface area contributed by atoms with Crippen molar-refractivity contribution in [1.29, 1.82) is 0 Å². The van der Waals surface area contributed by atoms with Crippen molar-refractivity contribution in [3.8, 4) is 0 Å². The lowest BCUT2D eigenvalue weighted by molar-refractivity contribution is 0.0704. The summed E-state index contributed by atoms with van der Waals surface area (Å²) in [4.78, 5) is 14.0. The van der Waals surface area contributed by atoms with E-state index in [1.165, 1.54) is 11.0 Å². The molecule has 0 unspecified atom stereocenters. The second kappa shape index (κ2) is 5.61. The molecule has 0 aromatic heterocycles. The second-order valence-corrected chi connectivity index (χ2v) is 4.84. The van der Waals surface area contributed by atoms with E-state index in [2.05, 4.69) is 16.0 Å². The summed E-state index contributed by atoms with van der Waals surface area (Å²) in [7, 11) is 1.45. The van der Waals surface area contributed by atoms with Crippen LogP contribution in [0.5, 0.6) is 0 Å². The van der Waals surface area contributed by atoms with Crippen LogP contribution in [0.3, 0.4) is 0 Å². The average molecular weight is 254 g/mol. The minimum atomic E-state index is 0.129. The van der Waals surface area contributed by atoms with Crippen LogP contribution in [0.15, 0.2) is 30.3 Å². The third-order valence-electron chi connectivity index (χ3n) is 2.66. The van der Waals surface area contributed by atoms with Gasteiger partial charge in [-0.1, -0.05) is 29.9 Å². The van der Waals surface area contributed by atoms with Crippen molar-refractivity contribution >= 4 is 28.5 Å². The molecular formula is C11H14N2OS2. The van der Waals surface area contributed by atoms with Crippen molar-refractivity contribution in [2.45, 2.75) is 0 Å². The maximum atomic E-state index is 12.1. The lowest BCUT2D eigenvalue weighted by Crippen LogP contribution is -2.45. The Balaban J connectivity index is 1.97. The lowest BCUT2D eigenvalue weighted by Gasteiger charge is -2.32. The molecule has 3 nitrogen and oxygen atoms in total. The van der Waals surface area contributed by atoms with Crippen LogP contribution >= 0.6 is 22.6 Å². The number of amides is 1. The highest BCUT2D eigenvalue weighted by Gasteiger charge is 2.21. The Kier molecular flexibility index (Phi) is 4.15. The van der Waals surface area contributed by atoms with Gasteiger partial charge >= 0.3 is 0 Å². The molecule has 1 amide bonds. The number of thiol groups is 1. The third-order valence-corrected chi connectivity index (χ3v) is 3.95. The molecule has 86 valence electrons. The van der Waals surface area contributed by atoms with Crippen molar-refractivity contribution in [2.75, 3.05) is 26.2 Å². The minimum Gasteiger partial charge on any atom is -0.336 e. The molecule has 0 spiro atoms. The Labute approximate surface area is 105 Å². The molecule has 1 aromatic carbocycles. The van der Waals surface area contributed by atoms with Crippen LogP contribution in [0.2, 0.25) is 0 Å². The molecular weight excluding hydrogens is 240 g/mol. The zero-order valence-electron chi connectivity index (χ0n) is 8.87. The van der Waals surface area contributed by atoms with Gasteiger partial charge in [-0.3, -0.25) is 4.79 Å². The number of piperazine rings is 1. The van der Waals surface area contributed by atoms with Gasteiger partial charge in [0.25, 0.3) is 5.91 Å². The number of hydrogen-bond acceptors (Lipinski definition) is 4. The fourth-order valence-corrected chi connectivity index (χ4v) is 2.55. The fraction of sp³-hybridized carbons (Fsp3) is 0.364. The Bertz CT molecular complexity index is 350. The normalized spacial score (nSPS) is 17.4. The first-order chi connectivity index (χ1) is 7.81. The van der Waals surface area contributed by atoms with E-state index < -0.39 is 0 Å². The van der Waals surface area contributed by atoms with Gasteiger partial charge in [0.05, 0.1) is 0 Å². The average Bonchev–Trinajstić information content (AvgIpc) is 2.39. The monoisotopic (exact) mass is 254 g/mol. The number of carbonyl (C=O) groups is 1. The van der Waals surface area contributed by atoms with E-state index in [0.717, 1.165) is 31.7 Å². The van der Waals surface area contributed by atoms with Gasteiger partial charge in [-0.2, -0.15) is 0 Å². The fourth-order valence-electron chi connectivity index (χ4n) is 1.74. The second-order valence-electron chi connectivity index (χ2n) is 3.67. The van der Waals surface area contributed by atoms with Crippen LogP contribution in [-0.4, -0.2) is 41.3 Å². The Morgan fingerprint density at radius 1 is 1.12 bits per heavy atom. The maximum absolute atomic E-state index is 12.1. The number of hydrogen-bond donors (Lipinski definition) is 1. The molecule has 0 bridgehead atoms. The zero-order valence-corrected chi connectivity index (χ0v) is 10.6. The first-order valence-corrected chi connectivity index (χ1v) is 7.04. The van der Waals surface area contributed by atoms with Crippen molar-refractivity contribution in [3.05, 3.63) is 35.9 Å². The van der Waals surface area contributed by atoms with E-state index in [4.69, 9.17) is 0 Å². The molecule has 0 N–H and O–H groups in total. The molecule has 0 saturated carbocycles. The first-order valence-electron chi connectivity index (χ1n) is 5.22. The van der Waals surface area contributed by atoms with Gasteiger partial charge in [-0.05, 0) is 23.1 Å². The summed E-state index contributed by atoms with van der Waals surface area (Å²) in [6.45, 7) is 3.32. The van der Waals surface area contributed by atoms with Crippen LogP contribution in [0.1, 0.15) is 10.4 Å². The van der Waals surface area contributed by atoms with Crippen molar-refractivity contribution in [3.63, 3.8) is 0 Å². The predicted octanol–water partition coefficient (Wildman–Crippen LogP) is 1.94. The van der Waals surface area contributed by atoms with E-state index in [1.807, 2.05) is 35.2 Å². The molecule has 0 radical (unpaired) electrons. The van der Waals surface area contributed by atoms with Crippen molar-refractivity contribution in [2.24, 2.45) is 0 Å². The predicted molar refractivity (Wildman–Crippen MR) is 70.5 cm³/mol. The molecule has 0 atom stereocenters. The number of rotatable bonds is 2. The van der Waals surface area contributed by atoms with Gasteiger partial charge in [0.1, 0.15) is 0 Å². The Hall–Kier alpha value is -0.650. The largest absolute Gasteiger partial charge is 0.336 e. The van der Waals surface area contributed by atoms with Gasteiger partial charge in [-0.15, -0.1) is 0 Å². The van der Waals surface area contributed by atoms with Crippen molar-refractivity contribution < 1.29 is 4.79 Å². The van der Waals surface area contributed by atoms with Crippen molar-refractivity contribution in [1.82, 2.24) is 9.21 Å². The highest BCUT2D eigenvalue weighted by atomic mass is 33.1. The Morgan fingerprint density at radius 3 is 2.31 bits per heavy atom. The molecule has 1 aliphatic rings. The molecule has 1 saturated heterocycles. The van der Waals surface area contributed by atoms with E-state index >= 15 is 0 Å².